The van der Waals surface area contributed by atoms with Gasteiger partial charge in [-0.25, -0.2) is 9.59 Å². The Labute approximate surface area is 136 Å². The molecule has 0 aliphatic carbocycles. The number of nitrogens with zero attached hydrogens (tertiary/aromatic N) is 2. The summed E-state index contributed by atoms with van der Waals surface area (Å²) < 4.78 is 10.1. The third-order valence-electron chi connectivity index (χ3n) is 3.62. The van der Waals surface area contributed by atoms with E-state index in [1.807, 2.05) is 33.0 Å². The average Bonchev–Trinajstić information content (AvgIpc) is 2.53. The first-order valence-electron chi connectivity index (χ1n) is 7.75. The third kappa shape index (κ3) is 4.64. The smallest absolute Gasteiger partial charge is 0.410 e. The van der Waals surface area contributed by atoms with Crippen molar-refractivity contribution in [1.29, 1.82) is 0 Å². The van der Waals surface area contributed by atoms with Crippen LogP contribution in [0.2, 0.25) is 0 Å². The van der Waals surface area contributed by atoms with E-state index in [2.05, 4.69) is 10.2 Å². The van der Waals surface area contributed by atoms with Gasteiger partial charge in [0.25, 0.3) is 0 Å². The van der Waals surface area contributed by atoms with E-state index >= 15 is 0 Å². The number of carbonyl (C=O) groups is 2. The van der Waals surface area contributed by atoms with Crippen molar-refractivity contribution in [2.24, 2.45) is 0 Å². The van der Waals surface area contributed by atoms with Gasteiger partial charge < -0.3 is 24.6 Å². The van der Waals surface area contributed by atoms with Crippen LogP contribution >= 0.6 is 0 Å². The van der Waals surface area contributed by atoms with Crippen LogP contribution in [0.15, 0.2) is 24.0 Å². The van der Waals surface area contributed by atoms with Crippen LogP contribution in [0.4, 0.5) is 4.79 Å². The maximum absolute atomic E-state index is 12.0. The molecule has 2 aliphatic heterocycles. The number of dihydropyridines is 1. The summed E-state index contributed by atoms with van der Waals surface area (Å²) in [7, 11) is 1.37. The molecule has 0 radical (unpaired) electrons. The topological polar surface area (TPSA) is 71.1 Å². The Bertz CT molecular complexity index is 514. The van der Waals surface area contributed by atoms with Gasteiger partial charge in [0.1, 0.15) is 11.6 Å². The number of piperazine rings is 1. The van der Waals surface area contributed by atoms with Crippen LogP contribution in [0.5, 0.6) is 0 Å². The number of amides is 1. The van der Waals surface area contributed by atoms with E-state index < -0.39 is 11.6 Å². The molecule has 1 fully saturated rings. The monoisotopic (exact) mass is 323 g/mol. The predicted molar refractivity (Wildman–Crippen MR) is 85.5 cm³/mol. The molecule has 1 amide bonds. The highest BCUT2D eigenvalue weighted by atomic mass is 16.6. The quantitative estimate of drug-likeness (QED) is 0.767. The highest BCUT2D eigenvalue weighted by Gasteiger charge is 2.27. The van der Waals surface area contributed by atoms with Gasteiger partial charge in [0.15, 0.2) is 0 Å². The maximum atomic E-state index is 12.0. The second-order valence-corrected chi connectivity index (χ2v) is 6.55. The highest BCUT2D eigenvalue weighted by Crippen LogP contribution is 2.16. The lowest BCUT2D eigenvalue weighted by Crippen LogP contribution is -2.50. The fourth-order valence-electron chi connectivity index (χ4n) is 2.42. The van der Waals surface area contributed by atoms with Crippen LogP contribution in [0.3, 0.4) is 0 Å². The molecule has 128 valence electrons. The molecule has 2 rings (SSSR count). The second kappa shape index (κ2) is 6.93. The minimum absolute atomic E-state index is 0.269. The summed E-state index contributed by atoms with van der Waals surface area (Å²) in [4.78, 5) is 27.4. The highest BCUT2D eigenvalue weighted by molar-refractivity contribution is 5.78. The van der Waals surface area contributed by atoms with Gasteiger partial charge in [0, 0.05) is 32.4 Å². The molecule has 7 nitrogen and oxygen atoms in total. The van der Waals surface area contributed by atoms with Gasteiger partial charge in [-0.3, -0.25) is 0 Å². The van der Waals surface area contributed by atoms with Crippen molar-refractivity contribution in [3.05, 3.63) is 24.0 Å². The normalized spacial score (nSPS) is 21.4. The van der Waals surface area contributed by atoms with E-state index in [-0.39, 0.29) is 12.1 Å². The first-order chi connectivity index (χ1) is 10.8. The molecular weight excluding hydrogens is 298 g/mol. The van der Waals surface area contributed by atoms with Crippen molar-refractivity contribution in [1.82, 2.24) is 15.1 Å². The Hall–Kier alpha value is -2.18. The number of rotatable bonds is 2. The molecule has 0 aromatic heterocycles. The number of carbonyl (C=O) groups excluding carboxylic acids is 2. The van der Waals surface area contributed by atoms with Crippen molar-refractivity contribution in [3.8, 4) is 0 Å². The Morgan fingerprint density at radius 3 is 2.35 bits per heavy atom. The zero-order valence-electron chi connectivity index (χ0n) is 14.2. The molecule has 2 aliphatic rings. The molecule has 0 bridgehead atoms. The van der Waals surface area contributed by atoms with Crippen molar-refractivity contribution >= 4 is 12.1 Å². The Morgan fingerprint density at radius 1 is 1.22 bits per heavy atom. The molecule has 7 heteroatoms. The molecule has 2 heterocycles. The lowest BCUT2D eigenvalue weighted by molar-refractivity contribution is -0.141. The zero-order chi connectivity index (χ0) is 17.0. The van der Waals surface area contributed by atoms with Gasteiger partial charge in [-0.1, -0.05) is 0 Å². The molecule has 1 atom stereocenters. The van der Waals surface area contributed by atoms with Crippen molar-refractivity contribution in [2.45, 2.75) is 32.4 Å². The lowest BCUT2D eigenvalue weighted by atomic mass is 10.1. The molecule has 0 saturated carbocycles. The molecule has 0 spiro atoms. The lowest BCUT2D eigenvalue weighted by Gasteiger charge is -2.37. The third-order valence-corrected chi connectivity index (χ3v) is 3.62. The van der Waals surface area contributed by atoms with Crippen molar-refractivity contribution < 1.29 is 19.1 Å². The SMILES string of the molecule is COC(=O)C1C=CC(N2CCN(C(=O)OC(C)(C)C)CC2)=CN1. The number of esters is 1. The van der Waals surface area contributed by atoms with Crippen molar-refractivity contribution in [2.75, 3.05) is 33.3 Å². The molecule has 0 aromatic carbocycles. The first-order valence-corrected chi connectivity index (χ1v) is 7.75. The molecule has 1 unspecified atom stereocenters. The predicted octanol–water partition coefficient (Wildman–Crippen LogP) is 1.08. The average molecular weight is 323 g/mol. The van der Waals surface area contributed by atoms with Gasteiger partial charge in [-0.2, -0.15) is 0 Å². The Kier molecular flexibility index (Phi) is 5.18. The molecule has 1 saturated heterocycles. The van der Waals surface area contributed by atoms with Gasteiger partial charge in [0.2, 0.25) is 0 Å². The Morgan fingerprint density at radius 2 is 1.87 bits per heavy atom. The van der Waals surface area contributed by atoms with E-state index in [9.17, 15) is 9.59 Å². The standard InChI is InChI=1S/C16H25N3O4/c1-16(2,3)23-15(21)19-9-7-18(8-10-19)12-5-6-13(17-11-12)14(20)22-4/h5-6,11,13,17H,7-10H2,1-4H3. The van der Waals surface area contributed by atoms with Crippen molar-refractivity contribution in [3.63, 3.8) is 0 Å². The maximum Gasteiger partial charge on any atom is 0.410 e. The Balaban J connectivity index is 1.84. The number of hydrogen-bond acceptors (Lipinski definition) is 6. The number of allylic oxidation sites excluding steroid dienone is 1. The number of methoxy groups -OCH3 is 1. The van der Waals surface area contributed by atoms with Gasteiger partial charge in [-0.05, 0) is 32.9 Å². The largest absolute Gasteiger partial charge is 0.467 e. The summed E-state index contributed by atoms with van der Waals surface area (Å²) in [5, 5.41) is 3.01. The van der Waals surface area contributed by atoms with E-state index in [0.717, 1.165) is 18.8 Å². The summed E-state index contributed by atoms with van der Waals surface area (Å²) in [6.07, 6.45) is 5.22. The van der Waals surface area contributed by atoms with E-state index in [4.69, 9.17) is 9.47 Å². The number of ether oxygens (including phenoxy) is 2. The minimum atomic E-state index is -0.477. The van der Waals surface area contributed by atoms with Crippen LogP contribution in [0.25, 0.3) is 0 Å². The van der Waals surface area contributed by atoms with E-state index in [1.54, 1.807) is 11.0 Å². The second-order valence-electron chi connectivity index (χ2n) is 6.55. The van der Waals surface area contributed by atoms with Gasteiger partial charge >= 0.3 is 12.1 Å². The van der Waals surface area contributed by atoms with Crippen LogP contribution in [0.1, 0.15) is 20.8 Å². The minimum Gasteiger partial charge on any atom is -0.467 e. The molecule has 1 N–H and O–H groups in total. The molecule has 23 heavy (non-hydrogen) atoms. The fraction of sp³-hybridized carbons (Fsp3) is 0.625. The van der Waals surface area contributed by atoms with Gasteiger partial charge in [0.05, 0.1) is 12.8 Å². The van der Waals surface area contributed by atoms with Crippen LogP contribution in [0, 0.1) is 0 Å². The fourth-order valence-corrected chi connectivity index (χ4v) is 2.42. The summed E-state index contributed by atoms with van der Waals surface area (Å²) in [5.74, 6) is -0.314. The van der Waals surface area contributed by atoms with E-state index in [1.165, 1.54) is 7.11 Å². The number of nitrogens with one attached hydrogen (secondary N) is 1. The summed E-state index contributed by atoms with van der Waals surface area (Å²) in [6, 6.07) is -0.438. The van der Waals surface area contributed by atoms with Crippen LogP contribution in [-0.2, 0) is 14.3 Å². The summed E-state index contributed by atoms with van der Waals surface area (Å²) >= 11 is 0. The summed E-state index contributed by atoms with van der Waals surface area (Å²) in [6.45, 7) is 8.26. The van der Waals surface area contributed by atoms with Crippen LogP contribution < -0.4 is 5.32 Å². The summed E-state index contributed by atoms with van der Waals surface area (Å²) in [5.41, 5.74) is 0.518. The van der Waals surface area contributed by atoms with E-state index in [0.29, 0.717) is 13.1 Å². The molecular formula is C16H25N3O4. The number of hydrogen-bond donors (Lipinski definition) is 1. The molecule has 0 aromatic rings. The van der Waals surface area contributed by atoms with Crippen LogP contribution in [-0.4, -0.2) is 66.8 Å². The first kappa shape index (κ1) is 17.2. The van der Waals surface area contributed by atoms with Gasteiger partial charge in [-0.15, -0.1) is 0 Å². The zero-order valence-corrected chi connectivity index (χ0v) is 14.2.